The van der Waals surface area contributed by atoms with Crippen LogP contribution < -0.4 is 5.73 Å². The van der Waals surface area contributed by atoms with E-state index in [1.165, 1.54) is 16.0 Å². The van der Waals surface area contributed by atoms with Gasteiger partial charge in [-0.05, 0) is 30.0 Å². The summed E-state index contributed by atoms with van der Waals surface area (Å²) >= 11 is 1.76. The van der Waals surface area contributed by atoms with Gasteiger partial charge in [-0.1, -0.05) is 30.3 Å². The quantitative estimate of drug-likeness (QED) is 0.907. The van der Waals surface area contributed by atoms with Crippen molar-refractivity contribution in [1.82, 2.24) is 4.90 Å². The van der Waals surface area contributed by atoms with Crippen molar-refractivity contribution in [2.75, 3.05) is 18.8 Å². The van der Waals surface area contributed by atoms with Crippen molar-refractivity contribution in [2.45, 2.75) is 19.4 Å². The van der Waals surface area contributed by atoms with Gasteiger partial charge in [0.1, 0.15) is 0 Å². The number of nitrogens with zero attached hydrogens (tertiary/aromatic N) is 1. The molecular formula is C15H20Cl2N2S. The van der Waals surface area contributed by atoms with Crippen LogP contribution in [0.3, 0.4) is 0 Å². The number of hydrogen-bond acceptors (Lipinski definition) is 3. The average Bonchev–Trinajstić information content (AvgIpc) is 2.65. The minimum Gasteiger partial charge on any atom is -0.391 e. The van der Waals surface area contributed by atoms with E-state index in [0.29, 0.717) is 0 Å². The third-order valence-electron chi connectivity index (χ3n) is 3.52. The number of fused-ring (bicyclic) bond motifs is 1. The van der Waals surface area contributed by atoms with Gasteiger partial charge in [-0.2, -0.15) is 0 Å². The van der Waals surface area contributed by atoms with Gasteiger partial charge in [-0.25, -0.2) is 0 Å². The summed E-state index contributed by atoms with van der Waals surface area (Å²) in [4.78, 5) is 4.03. The molecule has 5 heteroatoms. The van der Waals surface area contributed by atoms with Crippen LogP contribution in [0.1, 0.15) is 16.0 Å². The van der Waals surface area contributed by atoms with E-state index >= 15 is 0 Å². The topological polar surface area (TPSA) is 29.3 Å². The first-order valence-corrected chi connectivity index (χ1v) is 7.26. The third-order valence-corrected chi connectivity index (χ3v) is 4.58. The van der Waals surface area contributed by atoms with Crippen LogP contribution in [0.2, 0.25) is 0 Å². The Balaban J connectivity index is 0.000001000. The molecule has 1 aromatic heterocycles. The van der Waals surface area contributed by atoms with Crippen molar-refractivity contribution in [3.8, 4) is 0 Å². The van der Waals surface area contributed by atoms with Gasteiger partial charge >= 0.3 is 0 Å². The van der Waals surface area contributed by atoms with Crippen molar-refractivity contribution >= 4 is 41.2 Å². The van der Waals surface area contributed by atoms with Crippen molar-refractivity contribution in [3.63, 3.8) is 0 Å². The summed E-state index contributed by atoms with van der Waals surface area (Å²) < 4.78 is 0. The summed E-state index contributed by atoms with van der Waals surface area (Å²) in [5.74, 6) is 0. The predicted molar refractivity (Wildman–Crippen MR) is 92.4 cm³/mol. The molecule has 0 atom stereocenters. The Morgan fingerprint density at radius 2 is 1.75 bits per heavy atom. The summed E-state index contributed by atoms with van der Waals surface area (Å²) in [6.07, 6.45) is 2.28. The zero-order valence-corrected chi connectivity index (χ0v) is 13.7. The Morgan fingerprint density at radius 1 is 1.05 bits per heavy atom. The fraction of sp³-hybridized carbons (Fsp3) is 0.333. The molecule has 2 heterocycles. The van der Waals surface area contributed by atoms with Gasteiger partial charge in [0.05, 0.1) is 5.00 Å². The van der Waals surface area contributed by atoms with E-state index in [0.717, 1.165) is 37.5 Å². The maximum atomic E-state index is 5.87. The molecule has 0 bridgehead atoms. The molecule has 2 nitrogen and oxygen atoms in total. The van der Waals surface area contributed by atoms with E-state index in [1.807, 2.05) is 0 Å². The Morgan fingerprint density at radius 3 is 2.50 bits per heavy atom. The molecule has 0 amide bonds. The minimum absolute atomic E-state index is 0. The molecule has 0 aliphatic carbocycles. The van der Waals surface area contributed by atoms with Crippen molar-refractivity contribution < 1.29 is 0 Å². The molecule has 0 spiro atoms. The highest BCUT2D eigenvalue weighted by atomic mass is 35.5. The van der Waals surface area contributed by atoms with E-state index in [4.69, 9.17) is 5.73 Å². The van der Waals surface area contributed by atoms with Gasteiger partial charge in [0.15, 0.2) is 0 Å². The molecule has 1 aromatic carbocycles. The molecule has 1 aliphatic heterocycles. The Labute approximate surface area is 136 Å². The largest absolute Gasteiger partial charge is 0.391 e. The van der Waals surface area contributed by atoms with Gasteiger partial charge in [0, 0.05) is 24.5 Å². The van der Waals surface area contributed by atoms with E-state index < -0.39 is 0 Å². The maximum absolute atomic E-state index is 5.87. The van der Waals surface area contributed by atoms with Crippen LogP contribution in [-0.2, 0) is 19.4 Å². The number of nitrogens with two attached hydrogens (primary N) is 1. The average molecular weight is 331 g/mol. The first-order valence-electron chi connectivity index (χ1n) is 6.44. The Bertz CT molecular complexity index is 502. The summed E-state index contributed by atoms with van der Waals surface area (Å²) in [5, 5.41) is 0.969. The van der Waals surface area contributed by atoms with E-state index in [1.54, 1.807) is 11.3 Å². The molecule has 1 aliphatic rings. The first kappa shape index (κ1) is 17.3. The molecular weight excluding hydrogens is 311 g/mol. The molecule has 20 heavy (non-hydrogen) atoms. The highest BCUT2D eigenvalue weighted by molar-refractivity contribution is 7.16. The molecule has 0 fully saturated rings. The van der Waals surface area contributed by atoms with E-state index in [-0.39, 0.29) is 24.8 Å². The van der Waals surface area contributed by atoms with Crippen LogP contribution in [0.15, 0.2) is 36.4 Å². The Kier molecular flexibility index (Phi) is 6.83. The lowest BCUT2D eigenvalue weighted by Gasteiger charge is -2.19. The lowest BCUT2D eigenvalue weighted by Crippen LogP contribution is -2.25. The van der Waals surface area contributed by atoms with Gasteiger partial charge in [0.2, 0.25) is 0 Å². The van der Waals surface area contributed by atoms with Crippen molar-refractivity contribution in [1.29, 1.82) is 0 Å². The number of benzene rings is 1. The highest BCUT2D eigenvalue weighted by Crippen LogP contribution is 2.28. The van der Waals surface area contributed by atoms with Crippen LogP contribution in [0.25, 0.3) is 0 Å². The number of rotatable bonds is 2. The Hall–Kier alpha value is -0.740. The monoisotopic (exact) mass is 330 g/mol. The molecule has 0 radical (unpaired) electrons. The summed E-state index contributed by atoms with van der Waals surface area (Å²) in [6, 6.07) is 12.9. The molecule has 0 unspecified atom stereocenters. The molecule has 110 valence electrons. The molecule has 2 N–H and O–H groups in total. The zero-order chi connectivity index (χ0) is 12.4. The lowest BCUT2D eigenvalue weighted by molar-refractivity contribution is 0.279. The van der Waals surface area contributed by atoms with Gasteiger partial charge < -0.3 is 5.73 Å². The number of anilines is 1. The number of thiophene rings is 1. The minimum atomic E-state index is 0. The van der Waals surface area contributed by atoms with Crippen LogP contribution >= 0.6 is 36.2 Å². The van der Waals surface area contributed by atoms with Gasteiger partial charge in [-0.3, -0.25) is 4.90 Å². The molecule has 0 saturated carbocycles. The zero-order valence-electron chi connectivity index (χ0n) is 11.2. The van der Waals surface area contributed by atoms with Gasteiger partial charge in [0.25, 0.3) is 0 Å². The number of hydrogen-bond donors (Lipinski definition) is 1. The first-order chi connectivity index (χ1) is 8.81. The van der Waals surface area contributed by atoms with Crippen LogP contribution in [-0.4, -0.2) is 18.0 Å². The van der Waals surface area contributed by atoms with E-state index in [9.17, 15) is 0 Å². The fourth-order valence-corrected chi connectivity index (χ4v) is 3.53. The fourth-order valence-electron chi connectivity index (χ4n) is 2.56. The normalized spacial score (nSPS) is 14.6. The molecule has 3 rings (SSSR count). The molecule has 2 aromatic rings. The lowest BCUT2D eigenvalue weighted by atomic mass is 10.2. The standard InChI is InChI=1S/C15H18N2S.2ClH/c16-15-10-13-6-8-17(9-7-14(13)18-15)11-12-4-2-1-3-5-12;;/h1-5,10H,6-9,11,16H2;2*1H. The van der Waals surface area contributed by atoms with Crippen molar-refractivity contribution in [2.24, 2.45) is 0 Å². The van der Waals surface area contributed by atoms with E-state index in [2.05, 4.69) is 41.3 Å². The highest BCUT2D eigenvalue weighted by Gasteiger charge is 2.16. The smallest absolute Gasteiger partial charge is 0.0862 e. The summed E-state index contributed by atoms with van der Waals surface area (Å²) in [5.41, 5.74) is 8.74. The summed E-state index contributed by atoms with van der Waals surface area (Å²) in [7, 11) is 0. The predicted octanol–water partition coefficient (Wildman–Crippen LogP) is 3.77. The van der Waals surface area contributed by atoms with Crippen LogP contribution in [0.5, 0.6) is 0 Å². The second-order valence-corrected chi connectivity index (χ2v) is 6.03. The van der Waals surface area contributed by atoms with Crippen molar-refractivity contribution in [3.05, 3.63) is 52.4 Å². The van der Waals surface area contributed by atoms with Gasteiger partial charge in [-0.15, -0.1) is 36.2 Å². The second-order valence-electron chi connectivity index (χ2n) is 4.86. The maximum Gasteiger partial charge on any atom is 0.0862 e. The number of nitrogen functional groups attached to an aromatic ring is 1. The SMILES string of the molecule is Cl.Cl.Nc1cc2c(s1)CCN(Cc1ccccc1)CC2. The van der Waals surface area contributed by atoms with Crippen LogP contribution in [0, 0.1) is 0 Å². The number of halogens is 2. The summed E-state index contributed by atoms with van der Waals surface area (Å²) in [6.45, 7) is 3.34. The second kappa shape index (κ2) is 7.89. The molecule has 0 saturated heterocycles. The van der Waals surface area contributed by atoms with Crippen LogP contribution in [0.4, 0.5) is 5.00 Å². The third kappa shape index (κ3) is 4.13.